The minimum absolute atomic E-state index is 0.156. The second-order valence-electron chi connectivity index (χ2n) is 4.67. The van der Waals surface area contributed by atoms with Crippen LogP contribution in [0.3, 0.4) is 0 Å². The van der Waals surface area contributed by atoms with Crippen molar-refractivity contribution in [3.63, 3.8) is 0 Å². The van der Waals surface area contributed by atoms with E-state index >= 15 is 0 Å². The summed E-state index contributed by atoms with van der Waals surface area (Å²) in [6.45, 7) is 3.59. The molecule has 0 amide bonds. The van der Waals surface area contributed by atoms with Gasteiger partial charge in [0.05, 0.1) is 0 Å². The zero-order valence-electron chi connectivity index (χ0n) is 11.2. The van der Waals surface area contributed by atoms with Crippen LogP contribution in [0.25, 0.3) is 0 Å². The monoisotopic (exact) mass is 279 g/mol. The van der Waals surface area contributed by atoms with Gasteiger partial charge < -0.3 is 5.73 Å². The predicted octanol–water partition coefficient (Wildman–Crippen LogP) is 1.84. The Balaban J connectivity index is 2.30. The maximum absolute atomic E-state index is 13.2. The summed E-state index contributed by atoms with van der Waals surface area (Å²) in [7, 11) is 0. The van der Waals surface area contributed by atoms with Gasteiger partial charge >= 0.3 is 0 Å². The molecule has 2 aromatic rings. The lowest BCUT2D eigenvalue weighted by Gasteiger charge is -2.16. The van der Waals surface area contributed by atoms with Gasteiger partial charge in [-0.1, -0.05) is 6.07 Å². The first-order chi connectivity index (χ1) is 9.38. The summed E-state index contributed by atoms with van der Waals surface area (Å²) in [4.78, 5) is 16.1. The van der Waals surface area contributed by atoms with Crippen LogP contribution in [0, 0.1) is 25.5 Å². The van der Waals surface area contributed by atoms with Crippen LogP contribution in [-0.4, -0.2) is 9.55 Å². The minimum atomic E-state index is -0.955. The molecule has 1 atom stereocenters. The number of nitrogens with zero attached hydrogens (tertiary/aromatic N) is 2. The molecule has 0 aliphatic heterocycles. The molecule has 2 rings (SSSR count). The van der Waals surface area contributed by atoms with Crippen molar-refractivity contribution in [2.24, 2.45) is 5.73 Å². The lowest BCUT2D eigenvalue weighted by atomic mass is 10.1. The number of hydrogen-bond donors (Lipinski definition) is 1. The predicted molar refractivity (Wildman–Crippen MR) is 71.3 cm³/mol. The van der Waals surface area contributed by atoms with Crippen LogP contribution < -0.4 is 11.3 Å². The summed E-state index contributed by atoms with van der Waals surface area (Å²) in [5, 5.41) is 0. The van der Waals surface area contributed by atoms with Gasteiger partial charge in [-0.3, -0.25) is 9.36 Å². The van der Waals surface area contributed by atoms with Crippen LogP contribution in [0.1, 0.15) is 23.1 Å². The molecule has 1 unspecified atom stereocenters. The maximum atomic E-state index is 13.2. The first kappa shape index (κ1) is 14.3. The second-order valence-corrected chi connectivity index (χ2v) is 4.67. The fraction of sp³-hybridized carbons (Fsp3) is 0.286. The average molecular weight is 279 g/mol. The van der Waals surface area contributed by atoms with Gasteiger partial charge in [0.15, 0.2) is 11.6 Å². The average Bonchev–Trinajstić information content (AvgIpc) is 2.36. The molecule has 0 aliphatic carbocycles. The fourth-order valence-electron chi connectivity index (χ4n) is 2.03. The molecule has 1 aromatic heterocycles. The van der Waals surface area contributed by atoms with E-state index in [0.717, 1.165) is 12.1 Å². The Morgan fingerprint density at radius 3 is 2.55 bits per heavy atom. The molecule has 0 fully saturated rings. The van der Waals surface area contributed by atoms with Gasteiger partial charge in [-0.25, -0.2) is 13.8 Å². The Kier molecular flexibility index (Phi) is 3.94. The fourth-order valence-corrected chi connectivity index (χ4v) is 2.03. The van der Waals surface area contributed by atoms with Crippen molar-refractivity contribution < 1.29 is 8.78 Å². The number of hydrogen-bond acceptors (Lipinski definition) is 3. The first-order valence-corrected chi connectivity index (χ1v) is 6.14. The zero-order valence-corrected chi connectivity index (χ0v) is 11.2. The molecule has 4 nitrogen and oxygen atoms in total. The lowest BCUT2D eigenvalue weighted by Crippen LogP contribution is -2.29. The van der Waals surface area contributed by atoms with Crippen molar-refractivity contribution in [2.75, 3.05) is 0 Å². The van der Waals surface area contributed by atoms with Crippen molar-refractivity contribution in [3.8, 4) is 0 Å². The molecule has 1 aromatic carbocycles. The van der Waals surface area contributed by atoms with E-state index in [1.807, 2.05) is 0 Å². The van der Waals surface area contributed by atoms with Crippen molar-refractivity contribution in [2.45, 2.75) is 26.4 Å². The Hall–Kier alpha value is -2.08. The number of nitrogens with two attached hydrogens (primary N) is 1. The third-order valence-corrected chi connectivity index (χ3v) is 3.08. The molecule has 2 N–H and O–H groups in total. The van der Waals surface area contributed by atoms with Crippen LogP contribution in [-0.2, 0) is 6.54 Å². The number of benzene rings is 1. The normalized spacial score (nSPS) is 12.4. The summed E-state index contributed by atoms with van der Waals surface area (Å²) in [6.07, 6.45) is 0. The summed E-state index contributed by atoms with van der Waals surface area (Å²) < 4.78 is 27.5. The van der Waals surface area contributed by atoms with Gasteiger partial charge in [0.2, 0.25) is 0 Å². The van der Waals surface area contributed by atoms with E-state index in [2.05, 4.69) is 4.98 Å². The summed E-state index contributed by atoms with van der Waals surface area (Å²) in [6, 6.07) is 4.26. The van der Waals surface area contributed by atoms with Gasteiger partial charge in [-0.05, 0) is 31.5 Å². The Morgan fingerprint density at radius 2 is 1.95 bits per heavy atom. The Bertz CT molecular complexity index is 697. The van der Waals surface area contributed by atoms with Crippen LogP contribution in [0.5, 0.6) is 0 Å². The molecule has 20 heavy (non-hydrogen) atoms. The standard InChI is InChI=1S/C14H15F2N3O/c1-8-5-14(20)19(9(2)18-8)7-13(17)10-3-4-11(15)12(16)6-10/h3-6,13H,7,17H2,1-2H3. The van der Waals surface area contributed by atoms with E-state index in [1.165, 1.54) is 16.7 Å². The highest BCUT2D eigenvalue weighted by atomic mass is 19.2. The van der Waals surface area contributed by atoms with Gasteiger partial charge in [-0.2, -0.15) is 0 Å². The molecule has 6 heteroatoms. The lowest BCUT2D eigenvalue weighted by molar-refractivity contribution is 0.497. The first-order valence-electron chi connectivity index (χ1n) is 6.14. The number of aromatic nitrogens is 2. The van der Waals surface area contributed by atoms with Gasteiger partial charge in [0.25, 0.3) is 5.56 Å². The van der Waals surface area contributed by atoms with Gasteiger partial charge in [-0.15, -0.1) is 0 Å². The number of rotatable bonds is 3. The molecular formula is C14H15F2N3O. The quantitative estimate of drug-likeness (QED) is 0.932. The summed E-state index contributed by atoms with van der Waals surface area (Å²) >= 11 is 0. The third kappa shape index (κ3) is 2.91. The topological polar surface area (TPSA) is 60.9 Å². The van der Waals surface area contributed by atoms with Crippen LogP contribution in [0.2, 0.25) is 0 Å². The summed E-state index contributed by atoms with van der Waals surface area (Å²) in [5.74, 6) is -1.34. The highest BCUT2D eigenvalue weighted by molar-refractivity contribution is 5.21. The van der Waals surface area contributed by atoms with E-state index in [9.17, 15) is 13.6 Å². The largest absolute Gasteiger partial charge is 0.322 e. The van der Waals surface area contributed by atoms with E-state index < -0.39 is 17.7 Å². The highest BCUT2D eigenvalue weighted by Crippen LogP contribution is 2.16. The molecule has 0 bridgehead atoms. The van der Waals surface area contributed by atoms with Crippen molar-refractivity contribution in [3.05, 3.63) is 63.3 Å². The Labute approximate surface area is 114 Å². The van der Waals surface area contributed by atoms with E-state index in [1.54, 1.807) is 13.8 Å². The van der Waals surface area contributed by atoms with Gasteiger partial charge in [0, 0.05) is 24.3 Å². The molecular weight excluding hydrogens is 264 g/mol. The Morgan fingerprint density at radius 1 is 1.25 bits per heavy atom. The SMILES string of the molecule is Cc1cc(=O)n(CC(N)c2ccc(F)c(F)c2)c(C)n1. The zero-order chi connectivity index (χ0) is 14.9. The molecule has 106 valence electrons. The highest BCUT2D eigenvalue weighted by Gasteiger charge is 2.13. The van der Waals surface area contributed by atoms with Gasteiger partial charge in [0.1, 0.15) is 5.82 Å². The van der Waals surface area contributed by atoms with Crippen LogP contribution in [0.4, 0.5) is 8.78 Å². The van der Waals surface area contributed by atoms with Crippen LogP contribution >= 0.6 is 0 Å². The van der Waals surface area contributed by atoms with Crippen LogP contribution in [0.15, 0.2) is 29.1 Å². The summed E-state index contributed by atoms with van der Waals surface area (Å²) in [5.41, 5.74) is 6.79. The molecule has 0 spiro atoms. The minimum Gasteiger partial charge on any atom is -0.322 e. The second kappa shape index (κ2) is 5.50. The van der Waals surface area contributed by atoms with Crippen molar-refractivity contribution >= 4 is 0 Å². The van der Waals surface area contributed by atoms with Crippen molar-refractivity contribution in [1.82, 2.24) is 9.55 Å². The van der Waals surface area contributed by atoms with E-state index in [4.69, 9.17) is 5.73 Å². The molecule has 0 saturated carbocycles. The number of aryl methyl sites for hydroxylation is 2. The van der Waals surface area contributed by atoms with Crippen molar-refractivity contribution in [1.29, 1.82) is 0 Å². The maximum Gasteiger partial charge on any atom is 0.253 e. The molecule has 0 radical (unpaired) electrons. The molecule has 0 aliphatic rings. The van der Waals surface area contributed by atoms with E-state index in [0.29, 0.717) is 17.1 Å². The molecule has 1 heterocycles. The molecule has 0 saturated heterocycles. The van der Waals surface area contributed by atoms with E-state index in [-0.39, 0.29) is 12.1 Å². The third-order valence-electron chi connectivity index (χ3n) is 3.08. The number of halogens is 2. The smallest absolute Gasteiger partial charge is 0.253 e.